The van der Waals surface area contributed by atoms with Gasteiger partial charge in [-0.3, -0.25) is 19.7 Å². The first-order valence-corrected chi connectivity index (χ1v) is 7.02. The van der Waals surface area contributed by atoms with Crippen molar-refractivity contribution < 1.29 is 19.6 Å². The second-order valence-corrected chi connectivity index (χ2v) is 5.94. The Morgan fingerprint density at radius 2 is 1.73 bits per heavy atom. The van der Waals surface area contributed by atoms with Gasteiger partial charge in [-0.15, -0.1) is 0 Å². The molecular formula is C15H12N2O5. The van der Waals surface area contributed by atoms with Gasteiger partial charge in [-0.05, 0) is 24.3 Å². The Morgan fingerprint density at radius 3 is 2.23 bits per heavy atom. The van der Waals surface area contributed by atoms with Crippen LogP contribution in [0.25, 0.3) is 0 Å². The van der Waals surface area contributed by atoms with Crippen molar-refractivity contribution in [3.05, 3.63) is 40.5 Å². The Hall–Kier alpha value is -2.70. The van der Waals surface area contributed by atoms with E-state index in [2.05, 4.69) is 0 Å². The molecule has 4 rings (SSSR count). The monoisotopic (exact) mass is 300 g/mol. The SMILES string of the molecule is O=C1C2C3C=CC(C3)C2C(=O)N1c1ccc([N+](=O)[O-])cc1O. The molecule has 112 valence electrons. The summed E-state index contributed by atoms with van der Waals surface area (Å²) in [5.74, 6) is -1.65. The zero-order chi connectivity index (χ0) is 15.6. The molecule has 2 bridgehead atoms. The number of nitro benzene ring substituents is 1. The molecular weight excluding hydrogens is 288 g/mol. The second-order valence-electron chi connectivity index (χ2n) is 5.94. The van der Waals surface area contributed by atoms with E-state index in [1.807, 2.05) is 12.2 Å². The molecule has 4 unspecified atom stereocenters. The van der Waals surface area contributed by atoms with Crippen molar-refractivity contribution in [1.29, 1.82) is 0 Å². The maximum absolute atomic E-state index is 12.6. The molecule has 2 fully saturated rings. The molecule has 1 saturated carbocycles. The largest absolute Gasteiger partial charge is 0.505 e. The summed E-state index contributed by atoms with van der Waals surface area (Å²) in [6.45, 7) is 0. The maximum Gasteiger partial charge on any atom is 0.273 e. The van der Waals surface area contributed by atoms with E-state index in [0.29, 0.717) is 0 Å². The van der Waals surface area contributed by atoms with Gasteiger partial charge in [-0.2, -0.15) is 0 Å². The number of fused-ring (bicyclic) bond motifs is 5. The van der Waals surface area contributed by atoms with Crippen LogP contribution in [0.1, 0.15) is 6.42 Å². The lowest BCUT2D eigenvalue weighted by molar-refractivity contribution is -0.384. The predicted molar refractivity (Wildman–Crippen MR) is 75.0 cm³/mol. The first-order valence-electron chi connectivity index (χ1n) is 7.02. The number of imide groups is 1. The van der Waals surface area contributed by atoms with E-state index in [4.69, 9.17) is 0 Å². The zero-order valence-electron chi connectivity index (χ0n) is 11.4. The number of rotatable bonds is 2. The van der Waals surface area contributed by atoms with Crippen LogP contribution in [0.5, 0.6) is 5.75 Å². The van der Waals surface area contributed by atoms with Gasteiger partial charge in [0, 0.05) is 6.07 Å². The molecule has 1 aliphatic heterocycles. The molecule has 7 nitrogen and oxygen atoms in total. The highest BCUT2D eigenvalue weighted by atomic mass is 16.6. The van der Waals surface area contributed by atoms with Crippen molar-refractivity contribution in [2.75, 3.05) is 4.90 Å². The minimum absolute atomic E-state index is 0.0226. The summed E-state index contributed by atoms with van der Waals surface area (Å²) in [4.78, 5) is 36.2. The number of carbonyl (C=O) groups excluding carboxylic acids is 2. The van der Waals surface area contributed by atoms with Crippen molar-refractivity contribution in [2.45, 2.75) is 6.42 Å². The third-order valence-electron chi connectivity index (χ3n) is 4.88. The van der Waals surface area contributed by atoms with Gasteiger partial charge in [0.25, 0.3) is 5.69 Å². The number of amides is 2. The minimum Gasteiger partial charge on any atom is -0.505 e. The number of phenols is 1. The standard InChI is InChI=1S/C15H12N2O5/c18-11-6-9(17(21)22)3-4-10(11)16-14(19)12-7-1-2-8(5-7)13(12)15(16)20/h1-4,6-8,12-13,18H,5H2. The molecule has 4 atom stereocenters. The molecule has 2 aliphatic carbocycles. The van der Waals surface area contributed by atoms with E-state index in [0.717, 1.165) is 17.4 Å². The fourth-order valence-corrected chi connectivity index (χ4v) is 3.95. The van der Waals surface area contributed by atoms with Crippen molar-refractivity contribution in [1.82, 2.24) is 0 Å². The van der Waals surface area contributed by atoms with Crippen LogP contribution < -0.4 is 4.90 Å². The first kappa shape index (κ1) is 13.0. The Labute approximate surface area is 125 Å². The number of nitro groups is 1. The fourth-order valence-electron chi connectivity index (χ4n) is 3.95. The van der Waals surface area contributed by atoms with Crippen LogP contribution >= 0.6 is 0 Å². The molecule has 7 heteroatoms. The Bertz CT molecular complexity index is 726. The molecule has 1 aromatic rings. The van der Waals surface area contributed by atoms with Crippen molar-refractivity contribution in [3.8, 4) is 5.75 Å². The number of aromatic hydroxyl groups is 1. The van der Waals surface area contributed by atoms with Crippen LogP contribution in [0.2, 0.25) is 0 Å². The van der Waals surface area contributed by atoms with E-state index in [1.54, 1.807) is 0 Å². The minimum atomic E-state index is -0.643. The van der Waals surface area contributed by atoms with Crippen molar-refractivity contribution in [2.24, 2.45) is 23.7 Å². The molecule has 1 saturated heterocycles. The second kappa shape index (κ2) is 4.16. The van der Waals surface area contributed by atoms with Gasteiger partial charge >= 0.3 is 0 Å². The summed E-state index contributed by atoms with van der Waals surface area (Å²) < 4.78 is 0. The fraction of sp³-hybridized carbons (Fsp3) is 0.333. The number of hydrogen-bond acceptors (Lipinski definition) is 5. The van der Waals surface area contributed by atoms with Gasteiger partial charge in [-0.1, -0.05) is 12.2 Å². The zero-order valence-corrected chi connectivity index (χ0v) is 11.4. The highest BCUT2D eigenvalue weighted by Gasteiger charge is 2.59. The maximum atomic E-state index is 12.6. The van der Waals surface area contributed by atoms with E-state index in [9.17, 15) is 24.8 Å². The molecule has 2 amide bonds. The van der Waals surface area contributed by atoms with Gasteiger partial charge in [0.1, 0.15) is 5.75 Å². The summed E-state index contributed by atoms with van der Waals surface area (Å²) in [6.07, 6.45) is 4.79. The van der Waals surface area contributed by atoms with Gasteiger partial charge in [0.05, 0.1) is 28.5 Å². The van der Waals surface area contributed by atoms with Crippen molar-refractivity contribution >= 4 is 23.2 Å². The summed E-state index contributed by atoms with van der Waals surface area (Å²) in [7, 11) is 0. The average Bonchev–Trinajstić information content (AvgIpc) is 3.14. The summed E-state index contributed by atoms with van der Waals surface area (Å²) in [5.41, 5.74) is -0.267. The smallest absolute Gasteiger partial charge is 0.273 e. The van der Waals surface area contributed by atoms with Gasteiger partial charge in [-0.25, -0.2) is 4.90 Å². The topological polar surface area (TPSA) is 101 Å². The van der Waals surface area contributed by atoms with Crippen LogP contribution in [0.15, 0.2) is 30.4 Å². The van der Waals surface area contributed by atoms with E-state index in [1.165, 1.54) is 12.1 Å². The normalized spacial score (nSPS) is 31.9. The molecule has 22 heavy (non-hydrogen) atoms. The molecule has 0 radical (unpaired) electrons. The quantitative estimate of drug-likeness (QED) is 0.387. The molecule has 0 aromatic heterocycles. The van der Waals surface area contributed by atoms with Gasteiger partial charge in [0.2, 0.25) is 11.8 Å². The highest BCUT2D eigenvalue weighted by molar-refractivity contribution is 6.23. The predicted octanol–water partition coefficient (Wildman–Crippen LogP) is 1.61. The number of anilines is 1. The van der Waals surface area contributed by atoms with Gasteiger partial charge in [0.15, 0.2) is 0 Å². The number of hydrogen-bond donors (Lipinski definition) is 1. The number of carbonyl (C=O) groups is 2. The Kier molecular flexibility index (Phi) is 2.46. The molecule has 1 N–H and O–H groups in total. The Balaban J connectivity index is 1.74. The third-order valence-corrected chi connectivity index (χ3v) is 4.88. The van der Waals surface area contributed by atoms with Crippen LogP contribution in [0.4, 0.5) is 11.4 Å². The third kappa shape index (κ3) is 1.50. The average molecular weight is 300 g/mol. The molecule has 0 spiro atoms. The number of benzene rings is 1. The van der Waals surface area contributed by atoms with E-state index in [-0.39, 0.29) is 46.9 Å². The summed E-state index contributed by atoms with van der Waals surface area (Å²) in [6, 6.07) is 3.38. The first-order chi connectivity index (χ1) is 10.5. The van der Waals surface area contributed by atoms with Gasteiger partial charge < -0.3 is 5.11 Å². The number of phenolic OH excluding ortho intramolecular Hbond substituents is 1. The summed E-state index contributed by atoms with van der Waals surface area (Å²) in [5, 5.41) is 20.7. The Morgan fingerprint density at radius 1 is 1.14 bits per heavy atom. The lowest BCUT2D eigenvalue weighted by Gasteiger charge is -2.18. The lowest BCUT2D eigenvalue weighted by Crippen LogP contribution is -2.32. The highest BCUT2D eigenvalue weighted by Crippen LogP contribution is 2.53. The van der Waals surface area contributed by atoms with Crippen LogP contribution in [0.3, 0.4) is 0 Å². The number of non-ortho nitro benzene ring substituents is 1. The van der Waals surface area contributed by atoms with E-state index >= 15 is 0 Å². The number of nitrogens with zero attached hydrogens (tertiary/aromatic N) is 2. The molecule has 1 aromatic carbocycles. The van der Waals surface area contributed by atoms with E-state index < -0.39 is 10.7 Å². The van der Waals surface area contributed by atoms with Crippen LogP contribution in [-0.4, -0.2) is 21.8 Å². The lowest BCUT2D eigenvalue weighted by atomic mass is 9.85. The summed E-state index contributed by atoms with van der Waals surface area (Å²) >= 11 is 0. The van der Waals surface area contributed by atoms with Crippen LogP contribution in [0, 0.1) is 33.8 Å². The number of allylic oxidation sites excluding steroid dienone is 2. The van der Waals surface area contributed by atoms with Crippen LogP contribution in [-0.2, 0) is 9.59 Å². The van der Waals surface area contributed by atoms with Crippen molar-refractivity contribution in [3.63, 3.8) is 0 Å². The molecule has 3 aliphatic rings. The molecule has 1 heterocycles.